The van der Waals surface area contributed by atoms with Gasteiger partial charge in [0.05, 0.1) is 12.7 Å². The van der Waals surface area contributed by atoms with E-state index in [2.05, 4.69) is 10.1 Å². The van der Waals surface area contributed by atoms with E-state index in [1.807, 2.05) is 30.3 Å². The summed E-state index contributed by atoms with van der Waals surface area (Å²) >= 11 is 0. The lowest BCUT2D eigenvalue weighted by Gasteiger charge is -2.15. The monoisotopic (exact) mass is 533 g/mol. The number of benzene rings is 4. The van der Waals surface area contributed by atoms with Gasteiger partial charge < -0.3 is 20.5 Å². The topological polar surface area (TPSA) is 132 Å². The van der Waals surface area contributed by atoms with E-state index in [-0.39, 0.29) is 23.9 Å². The molecule has 0 spiro atoms. The summed E-state index contributed by atoms with van der Waals surface area (Å²) in [6, 6.07) is 27.9. The molecule has 4 aromatic rings. The van der Waals surface area contributed by atoms with Gasteiger partial charge >= 0.3 is 11.9 Å². The number of carbonyl (C=O) groups excluding carboxylic acids is 3. The molecule has 0 fully saturated rings. The Kier molecular flexibility index (Phi) is 8.84. The summed E-state index contributed by atoms with van der Waals surface area (Å²) in [5, 5.41) is 10.4. The number of methoxy groups -OCH3 is 1. The number of nitrogen functional groups attached to an aromatic ring is 1. The van der Waals surface area contributed by atoms with Gasteiger partial charge in [0.15, 0.2) is 0 Å². The summed E-state index contributed by atoms with van der Waals surface area (Å²) in [5.74, 6) is -1.57. The van der Waals surface area contributed by atoms with Crippen LogP contribution in [0, 0.1) is 5.41 Å². The Labute approximate surface area is 231 Å². The lowest BCUT2D eigenvalue weighted by atomic mass is 9.93. The molecule has 0 aliphatic rings. The maximum Gasteiger partial charge on any atom is 0.339 e. The summed E-state index contributed by atoms with van der Waals surface area (Å²) < 4.78 is 10.3. The molecule has 4 rings (SSSR count). The van der Waals surface area contributed by atoms with Crippen LogP contribution >= 0.6 is 0 Å². The van der Waals surface area contributed by atoms with E-state index in [0.717, 1.165) is 5.56 Å². The molecule has 0 bridgehead atoms. The number of nitrogens with two attached hydrogens (primary N) is 1. The van der Waals surface area contributed by atoms with Gasteiger partial charge in [0, 0.05) is 22.9 Å². The molecule has 0 saturated carbocycles. The Morgan fingerprint density at radius 2 is 1.52 bits per heavy atom. The zero-order valence-corrected chi connectivity index (χ0v) is 21.7. The number of hydrogen-bond donors (Lipinski definition) is 3. The lowest BCUT2D eigenvalue weighted by molar-refractivity contribution is -0.134. The minimum atomic E-state index is -0.581. The van der Waals surface area contributed by atoms with Gasteiger partial charge in [-0.3, -0.25) is 10.2 Å². The number of rotatable bonds is 9. The summed E-state index contributed by atoms with van der Waals surface area (Å²) in [6.45, 7) is 0.0692. The molecule has 0 aromatic heterocycles. The zero-order valence-electron chi connectivity index (χ0n) is 21.7. The van der Waals surface area contributed by atoms with Gasteiger partial charge in [0.25, 0.3) is 5.91 Å². The van der Waals surface area contributed by atoms with E-state index < -0.39 is 11.9 Å². The van der Waals surface area contributed by atoms with Crippen LogP contribution in [0.25, 0.3) is 17.2 Å². The van der Waals surface area contributed by atoms with Crippen molar-refractivity contribution in [2.75, 3.05) is 12.4 Å². The highest BCUT2D eigenvalue weighted by Gasteiger charge is 2.20. The van der Waals surface area contributed by atoms with E-state index in [4.69, 9.17) is 15.9 Å². The number of nitrogens with one attached hydrogen (secondary N) is 2. The van der Waals surface area contributed by atoms with Gasteiger partial charge in [-0.15, -0.1) is 0 Å². The third-order valence-corrected chi connectivity index (χ3v) is 6.00. The predicted molar refractivity (Wildman–Crippen MR) is 154 cm³/mol. The first kappa shape index (κ1) is 27.5. The van der Waals surface area contributed by atoms with E-state index in [9.17, 15) is 14.4 Å². The molecule has 8 nitrogen and oxygen atoms in total. The van der Waals surface area contributed by atoms with Crippen molar-refractivity contribution in [3.63, 3.8) is 0 Å². The van der Waals surface area contributed by atoms with E-state index >= 15 is 0 Å². The van der Waals surface area contributed by atoms with Crippen LogP contribution in [0.15, 0.2) is 103 Å². The van der Waals surface area contributed by atoms with E-state index in [1.165, 1.54) is 19.3 Å². The Morgan fingerprint density at radius 1 is 0.850 bits per heavy atom. The Bertz CT molecular complexity index is 1580. The van der Waals surface area contributed by atoms with Gasteiger partial charge in [-0.05, 0) is 64.7 Å². The number of amidine groups is 1. The highest BCUT2D eigenvalue weighted by molar-refractivity contribution is 6.10. The van der Waals surface area contributed by atoms with Crippen molar-refractivity contribution in [3.8, 4) is 11.1 Å². The number of anilines is 1. The van der Waals surface area contributed by atoms with Gasteiger partial charge in [0.2, 0.25) is 0 Å². The first-order chi connectivity index (χ1) is 19.4. The van der Waals surface area contributed by atoms with Crippen LogP contribution in [-0.2, 0) is 20.9 Å². The van der Waals surface area contributed by atoms with E-state index in [1.54, 1.807) is 66.7 Å². The molecular formula is C32H27N3O5. The molecule has 0 atom stereocenters. The quantitative estimate of drug-likeness (QED) is 0.114. The minimum absolute atomic E-state index is 0.0692. The molecule has 0 unspecified atom stereocenters. The Hall–Kier alpha value is -5.50. The van der Waals surface area contributed by atoms with Crippen molar-refractivity contribution in [2.45, 2.75) is 6.61 Å². The van der Waals surface area contributed by atoms with Crippen molar-refractivity contribution < 1.29 is 23.9 Å². The molecule has 0 aliphatic heterocycles. The number of hydrogen-bond acceptors (Lipinski definition) is 6. The predicted octanol–water partition coefficient (Wildman–Crippen LogP) is 5.43. The van der Waals surface area contributed by atoms with Gasteiger partial charge in [0.1, 0.15) is 12.4 Å². The smallest absolute Gasteiger partial charge is 0.339 e. The summed E-state index contributed by atoms with van der Waals surface area (Å²) in [7, 11) is 1.28. The molecule has 0 aliphatic carbocycles. The maximum absolute atomic E-state index is 13.4. The largest absolute Gasteiger partial charge is 0.466 e. The first-order valence-corrected chi connectivity index (χ1v) is 12.3. The second-order valence-corrected chi connectivity index (χ2v) is 8.71. The molecule has 200 valence electrons. The summed E-state index contributed by atoms with van der Waals surface area (Å²) in [4.78, 5) is 38.3. The van der Waals surface area contributed by atoms with Crippen molar-refractivity contribution in [3.05, 3.63) is 131 Å². The number of amides is 1. The SMILES string of the molecule is COC(=O)/C=C/c1ccc(-c2ccccc2C(=O)Nc2ccc(C(=N)N)cc2)c(C(=O)OCc2ccccc2)c1. The highest BCUT2D eigenvalue weighted by Crippen LogP contribution is 2.30. The Balaban J connectivity index is 1.69. The molecule has 8 heteroatoms. The normalized spacial score (nSPS) is 10.6. The fourth-order valence-corrected chi connectivity index (χ4v) is 3.95. The third kappa shape index (κ3) is 6.87. The van der Waals surface area contributed by atoms with Crippen molar-refractivity contribution >= 4 is 35.4 Å². The molecular weight excluding hydrogens is 506 g/mol. The summed E-state index contributed by atoms with van der Waals surface area (Å²) in [5.41, 5.74) is 9.57. The highest BCUT2D eigenvalue weighted by atomic mass is 16.5. The fraction of sp³-hybridized carbons (Fsp3) is 0.0625. The first-order valence-electron chi connectivity index (χ1n) is 12.3. The van der Waals surface area contributed by atoms with Gasteiger partial charge in [-0.25, -0.2) is 9.59 Å². The average molecular weight is 534 g/mol. The van der Waals surface area contributed by atoms with Crippen molar-refractivity contribution in [2.24, 2.45) is 5.73 Å². The number of esters is 2. The average Bonchev–Trinajstić information content (AvgIpc) is 2.99. The van der Waals surface area contributed by atoms with Crippen molar-refractivity contribution in [1.29, 1.82) is 5.41 Å². The molecule has 4 N–H and O–H groups in total. The molecule has 1 amide bonds. The maximum atomic E-state index is 13.4. The second kappa shape index (κ2) is 12.8. The second-order valence-electron chi connectivity index (χ2n) is 8.71. The van der Waals surface area contributed by atoms with E-state index in [0.29, 0.717) is 33.5 Å². The zero-order chi connectivity index (χ0) is 28.5. The van der Waals surface area contributed by atoms with Crippen LogP contribution in [0.3, 0.4) is 0 Å². The van der Waals surface area contributed by atoms with Crippen LogP contribution in [0.1, 0.15) is 37.4 Å². The van der Waals surface area contributed by atoms with Crippen LogP contribution in [-0.4, -0.2) is 30.8 Å². The molecule has 0 heterocycles. The van der Waals surface area contributed by atoms with Gasteiger partial charge in [-0.2, -0.15) is 0 Å². The minimum Gasteiger partial charge on any atom is -0.466 e. The van der Waals surface area contributed by atoms with Crippen molar-refractivity contribution in [1.82, 2.24) is 0 Å². The standard InChI is InChI=1S/C32H27N3O5/c1-39-29(36)18-12-21-11-17-26(28(19-21)32(38)40-20-22-7-3-2-4-8-22)25-9-5-6-10-27(25)31(37)35-24-15-13-23(14-16-24)30(33)34/h2-19H,20H2,1H3,(H3,33,34)(H,35,37)/b18-12+. The van der Waals surface area contributed by atoms with Crippen LogP contribution in [0.2, 0.25) is 0 Å². The van der Waals surface area contributed by atoms with Crippen LogP contribution in [0.4, 0.5) is 5.69 Å². The molecule has 0 saturated heterocycles. The van der Waals surface area contributed by atoms with Gasteiger partial charge in [-0.1, -0.05) is 60.7 Å². The Morgan fingerprint density at radius 3 is 2.23 bits per heavy atom. The molecule has 40 heavy (non-hydrogen) atoms. The summed E-state index contributed by atoms with van der Waals surface area (Å²) in [6.07, 6.45) is 2.79. The van der Waals surface area contributed by atoms with Crippen LogP contribution < -0.4 is 11.1 Å². The van der Waals surface area contributed by atoms with Crippen LogP contribution in [0.5, 0.6) is 0 Å². The molecule has 4 aromatic carbocycles. The fourth-order valence-electron chi connectivity index (χ4n) is 3.95. The number of carbonyl (C=O) groups is 3. The number of ether oxygens (including phenoxy) is 2. The third-order valence-electron chi connectivity index (χ3n) is 6.00. The molecule has 0 radical (unpaired) electrons. The lowest BCUT2D eigenvalue weighted by Crippen LogP contribution is -2.15.